The summed E-state index contributed by atoms with van der Waals surface area (Å²) in [6.45, 7) is 0.270. The number of hydrogen-bond donors (Lipinski definition) is 1. The number of aliphatic hydroxyl groups is 1. The molecule has 2 aromatic carbocycles. The van der Waals surface area contributed by atoms with Crippen molar-refractivity contribution in [2.75, 3.05) is 4.90 Å². The molecule has 1 aliphatic rings. The maximum atomic E-state index is 13.3. The number of halogens is 2. The van der Waals surface area contributed by atoms with Crippen molar-refractivity contribution in [2.45, 2.75) is 18.6 Å². The number of rotatable bonds is 5. The Kier molecular flexibility index (Phi) is 4.99. The van der Waals surface area contributed by atoms with E-state index in [0.717, 1.165) is 10.0 Å². The standard InChI is InChI=1S/C21H15Br2NO4/c22-14-7-8-17-15(10-14)21(27,11-18(25)19-6-3-9-28-19)20(26)24(17)12-13-4-1-2-5-16(13)23/h1-10,27H,11-12H2. The van der Waals surface area contributed by atoms with Crippen LogP contribution < -0.4 is 4.90 Å². The fourth-order valence-corrected chi connectivity index (χ4v) is 4.18. The predicted molar refractivity (Wildman–Crippen MR) is 111 cm³/mol. The second kappa shape index (κ2) is 7.31. The van der Waals surface area contributed by atoms with Crippen molar-refractivity contribution in [1.29, 1.82) is 0 Å². The second-order valence-electron chi connectivity index (χ2n) is 6.58. The smallest absolute Gasteiger partial charge is 0.264 e. The number of amides is 1. The summed E-state index contributed by atoms with van der Waals surface area (Å²) in [6, 6.07) is 15.9. The van der Waals surface area contributed by atoms with Gasteiger partial charge in [-0.05, 0) is 42.0 Å². The molecule has 5 nitrogen and oxygen atoms in total. The van der Waals surface area contributed by atoms with Gasteiger partial charge >= 0.3 is 0 Å². The molecule has 1 amide bonds. The molecule has 4 rings (SSSR count). The van der Waals surface area contributed by atoms with Crippen LogP contribution in [0.5, 0.6) is 0 Å². The number of Topliss-reactive ketones (excluding diaryl/α,β-unsaturated/α-hetero) is 1. The van der Waals surface area contributed by atoms with Crippen LogP contribution in [0.15, 0.2) is 74.2 Å². The van der Waals surface area contributed by atoms with Crippen molar-refractivity contribution in [3.63, 3.8) is 0 Å². The molecule has 7 heteroatoms. The average Bonchev–Trinajstić information content (AvgIpc) is 3.27. The molecule has 1 atom stereocenters. The molecule has 1 aliphatic heterocycles. The fraction of sp³-hybridized carbons (Fsp3) is 0.143. The molecule has 0 bridgehead atoms. The van der Waals surface area contributed by atoms with Gasteiger partial charge in [-0.1, -0.05) is 50.1 Å². The van der Waals surface area contributed by atoms with Crippen LogP contribution in [0.4, 0.5) is 5.69 Å². The first kappa shape index (κ1) is 19.1. The summed E-state index contributed by atoms with van der Waals surface area (Å²) in [4.78, 5) is 27.4. The van der Waals surface area contributed by atoms with E-state index in [1.54, 1.807) is 24.3 Å². The van der Waals surface area contributed by atoms with E-state index < -0.39 is 23.7 Å². The van der Waals surface area contributed by atoms with E-state index >= 15 is 0 Å². The highest BCUT2D eigenvalue weighted by Crippen LogP contribution is 2.45. The van der Waals surface area contributed by atoms with E-state index in [9.17, 15) is 14.7 Å². The highest BCUT2D eigenvalue weighted by Gasteiger charge is 2.51. The minimum atomic E-state index is -1.95. The zero-order valence-electron chi connectivity index (χ0n) is 14.6. The molecule has 0 saturated carbocycles. The summed E-state index contributed by atoms with van der Waals surface area (Å²) in [5.74, 6) is -0.854. The van der Waals surface area contributed by atoms with Crippen LogP contribution in [-0.4, -0.2) is 16.8 Å². The van der Waals surface area contributed by atoms with Crippen LogP contribution in [0.2, 0.25) is 0 Å². The monoisotopic (exact) mass is 503 g/mol. The van der Waals surface area contributed by atoms with Crippen molar-refractivity contribution in [1.82, 2.24) is 0 Å². The number of benzene rings is 2. The van der Waals surface area contributed by atoms with Crippen molar-refractivity contribution in [2.24, 2.45) is 0 Å². The van der Waals surface area contributed by atoms with Gasteiger partial charge in [-0.15, -0.1) is 0 Å². The maximum Gasteiger partial charge on any atom is 0.264 e. The summed E-state index contributed by atoms with van der Waals surface area (Å²) in [7, 11) is 0. The summed E-state index contributed by atoms with van der Waals surface area (Å²) in [5.41, 5.74) is -0.0755. The third kappa shape index (κ3) is 3.23. The molecule has 28 heavy (non-hydrogen) atoms. The van der Waals surface area contributed by atoms with E-state index in [2.05, 4.69) is 31.9 Å². The number of nitrogens with zero attached hydrogens (tertiary/aromatic N) is 1. The molecule has 0 saturated heterocycles. The quantitative estimate of drug-likeness (QED) is 0.506. The number of carbonyl (C=O) groups excluding carboxylic acids is 2. The first-order valence-corrected chi connectivity index (χ1v) is 10.1. The van der Waals surface area contributed by atoms with Crippen LogP contribution >= 0.6 is 31.9 Å². The Labute approximate surface area is 178 Å². The van der Waals surface area contributed by atoms with Gasteiger partial charge in [0.15, 0.2) is 11.4 Å². The molecule has 1 unspecified atom stereocenters. The van der Waals surface area contributed by atoms with Crippen LogP contribution in [0.25, 0.3) is 0 Å². The Balaban J connectivity index is 1.74. The highest BCUT2D eigenvalue weighted by atomic mass is 79.9. The van der Waals surface area contributed by atoms with Gasteiger partial charge in [-0.25, -0.2) is 0 Å². The maximum absolute atomic E-state index is 13.3. The molecule has 1 N–H and O–H groups in total. The van der Waals surface area contributed by atoms with Crippen molar-refractivity contribution < 1.29 is 19.1 Å². The Morgan fingerprint density at radius 2 is 1.89 bits per heavy atom. The second-order valence-corrected chi connectivity index (χ2v) is 8.35. The van der Waals surface area contributed by atoms with Gasteiger partial charge in [0.25, 0.3) is 5.91 Å². The number of furan rings is 1. The molecule has 142 valence electrons. The van der Waals surface area contributed by atoms with E-state index in [-0.39, 0.29) is 12.3 Å². The summed E-state index contributed by atoms with van der Waals surface area (Å²) < 4.78 is 6.71. The number of anilines is 1. The van der Waals surface area contributed by atoms with Gasteiger partial charge in [0, 0.05) is 14.5 Å². The number of hydrogen-bond acceptors (Lipinski definition) is 4. The van der Waals surface area contributed by atoms with Gasteiger partial charge in [0.1, 0.15) is 0 Å². The Morgan fingerprint density at radius 1 is 1.11 bits per heavy atom. The van der Waals surface area contributed by atoms with Gasteiger partial charge < -0.3 is 14.4 Å². The van der Waals surface area contributed by atoms with Gasteiger partial charge in [0.2, 0.25) is 5.78 Å². The average molecular weight is 505 g/mol. The fourth-order valence-electron chi connectivity index (χ4n) is 3.40. The third-order valence-electron chi connectivity index (χ3n) is 4.79. The minimum absolute atomic E-state index is 0.113. The lowest BCUT2D eigenvalue weighted by Crippen LogP contribution is -2.41. The Morgan fingerprint density at radius 3 is 2.61 bits per heavy atom. The molecule has 0 radical (unpaired) electrons. The van der Waals surface area contributed by atoms with Crippen LogP contribution in [0.1, 0.15) is 28.1 Å². The van der Waals surface area contributed by atoms with E-state index in [0.29, 0.717) is 15.7 Å². The van der Waals surface area contributed by atoms with E-state index in [1.165, 1.54) is 17.2 Å². The first-order valence-electron chi connectivity index (χ1n) is 8.54. The zero-order valence-corrected chi connectivity index (χ0v) is 17.7. The largest absolute Gasteiger partial charge is 0.461 e. The minimum Gasteiger partial charge on any atom is -0.461 e. The lowest BCUT2D eigenvalue weighted by atomic mass is 9.89. The first-order chi connectivity index (χ1) is 13.4. The normalized spacial score (nSPS) is 18.4. The number of ketones is 1. The van der Waals surface area contributed by atoms with E-state index in [1.807, 2.05) is 24.3 Å². The molecule has 0 spiro atoms. The topological polar surface area (TPSA) is 70.8 Å². The van der Waals surface area contributed by atoms with E-state index in [4.69, 9.17) is 4.42 Å². The highest BCUT2D eigenvalue weighted by molar-refractivity contribution is 9.10. The number of fused-ring (bicyclic) bond motifs is 1. The molecule has 0 aliphatic carbocycles. The molecule has 1 aromatic heterocycles. The van der Waals surface area contributed by atoms with Crippen LogP contribution in [0, 0.1) is 0 Å². The predicted octanol–water partition coefficient (Wildman–Crippen LogP) is 4.81. The Hall–Kier alpha value is -2.22. The van der Waals surface area contributed by atoms with Crippen molar-refractivity contribution >= 4 is 49.2 Å². The summed E-state index contributed by atoms with van der Waals surface area (Å²) >= 11 is 6.88. The molecule has 0 fully saturated rings. The van der Waals surface area contributed by atoms with Crippen molar-refractivity contribution in [3.05, 3.63) is 86.7 Å². The molecule has 2 heterocycles. The zero-order chi connectivity index (χ0) is 19.9. The lowest BCUT2D eigenvalue weighted by molar-refractivity contribution is -0.136. The van der Waals surface area contributed by atoms with Crippen LogP contribution in [-0.2, 0) is 16.9 Å². The van der Waals surface area contributed by atoms with Gasteiger partial charge in [0.05, 0.1) is 24.9 Å². The molecule has 3 aromatic rings. The number of carbonyl (C=O) groups is 2. The summed E-state index contributed by atoms with van der Waals surface area (Å²) in [5, 5.41) is 11.3. The lowest BCUT2D eigenvalue weighted by Gasteiger charge is -2.22. The van der Waals surface area contributed by atoms with Gasteiger partial charge in [-0.2, -0.15) is 0 Å². The summed E-state index contributed by atoms with van der Waals surface area (Å²) in [6.07, 6.45) is 0.993. The SMILES string of the molecule is O=C(CC1(O)C(=O)N(Cc2ccccc2Br)c2ccc(Br)cc21)c1ccco1. The molecular formula is C21H15Br2NO4. The third-order valence-corrected chi connectivity index (χ3v) is 6.06. The molecular weight excluding hydrogens is 490 g/mol. The van der Waals surface area contributed by atoms with Gasteiger partial charge in [-0.3, -0.25) is 9.59 Å². The van der Waals surface area contributed by atoms with Crippen LogP contribution in [0.3, 0.4) is 0 Å². The van der Waals surface area contributed by atoms with Crippen molar-refractivity contribution in [3.8, 4) is 0 Å². The Bertz CT molecular complexity index is 1060.